The van der Waals surface area contributed by atoms with Crippen LogP contribution in [0.1, 0.15) is 12.6 Å². The number of halogens is 2. The van der Waals surface area contributed by atoms with Crippen molar-refractivity contribution >= 4 is 46.6 Å². The average molecular weight is 327 g/mol. The lowest BCUT2D eigenvalue weighted by Gasteiger charge is -2.08. The van der Waals surface area contributed by atoms with Gasteiger partial charge in [-0.25, -0.2) is 4.68 Å². The van der Waals surface area contributed by atoms with Crippen molar-refractivity contribution in [2.45, 2.75) is 20.4 Å². The predicted octanol–water partition coefficient (Wildman–Crippen LogP) is 4.52. The number of imidazole rings is 1. The zero-order valence-corrected chi connectivity index (χ0v) is 13.3. The van der Waals surface area contributed by atoms with Crippen molar-refractivity contribution in [3.05, 3.63) is 38.7 Å². The lowest BCUT2D eigenvalue weighted by atomic mass is 10.3. The molecule has 104 valence electrons. The van der Waals surface area contributed by atoms with Gasteiger partial charge < -0.3 is 4.98 Å². The Balaban J connectivity index is 2.44. The van der Waals surface area contributed by atoms with Gasteiger partial charge in [-0.05, 0) is 44.3 Å². The Morgan fingerprint density at radius 3 is 2.80 bits per heavy atom. The van der Waals surface area contributed by atoms with Crippen molar-refractivity contribution in [1.29, 1.82) is 0 Å². The van der Waals surface area contributed by atoms with Crippen molar-refractivity contribution in [3.63, 3.8) is 0 Å². The van der Waals surface area contributed by atoms with Gasteiger partial charge in [0.15, 0.2) is 10.4 Å². The molecule has 0 unspecified atom stereocenters. The van der Waals surface area contributed by atoms with Crippen LogP contribution in [-0.4, -0.2) is 19.3 Å². The minimum absolute atomic E-state index is 0.576. The number of aromatic nitrogens is 4. The summed E-state index contributed by atoms with van der Waals surface area (Å²) < 4.78 is 4.35. The fourth-order valence-corrected chi connectivity index (χ4v) is 2.96. The second-order valence-electron chi connectivity index (χ2n) is 4.46. The Morgan fingerprint density at radius 2 is 2.10 bits per heavy atom. The van der Waals surface area contributed by atoms with Crippen molar-refractivity contribution in [1.82, 2.24) is 19.3 Å². The molecule has 20 heavy (non-hydrogen) atoms. The van der Waals surface area contributed by atoms with E-state index in [1.165, 1.54) is 0 Å². The summed E-state index contributed by atoms with van der Waals surface area (Å²) in [6.45, 7) is 4.73. The van der Waals surface area contributed by atoms with E-state index in [9.17, 15) is 0 Å². The first-order chi connectivity index (χ1) is 9.52. The van der Waals surface area contributed by atoms with Crippen molar-refractivity contribution in [3.8, 4) is 5.69 Å². The van der Waals surface area contributed by atoms with Crippen LogP contribution in [0.4, 0.5) is 0 Å². The molecule has 0 aliphatic carbocycles. The van der Waals surface area contributed by atoms with Gasteiger partial charge >= 0.3 is 0 Å². The van der Waals surface area contributed by atoms with Crippen molar-refractivity contribution in [2.24, 2.45) is 0 Å². The summed E-state index contributed by atoms with van der Waals surface area (Å²) in [4.78, 5) is 3.19. The van der Waals surface area contributed by atoms with E-state index in [1.807, 2.05) is 23.1 Å². The molecular formula is C13H12Cl2N4S. The van der Waals surface area contributed by atoms with E-state index in [0.29, 0.717) is 14.8 Å². The second kappa shape index (κ2) is 4.91. The SMILES string of the molecule is CCn1nc(C)c2[nH]c(=S)n(-c3cc(Cl)ccc3Cl)c21. The normalized spacial score (nSPS) is 11.4. The lowest BCUT2D eigenvalue weighted by molar-refractivity contribution is 0.662. The Labute approximate surface area is 130 Å². The molecule has 0 amide bonds. The van der Waals surface area contributed by atoms with Gasteiger partial charge in [0.25, 0.3) is 0 Å². The molecular weight excluding hydrogens is 315 g/mol. The molecule has 0 fully saturated rings. The van der Waals surface area contributed by atoms with Gasteiger partial charge in [-0.15, -0.1) is 0 Å². The van der Waals surface area contributed by atoms with Crippen LogP contribution in [0.5, 0.6) is 0 Å². The highest BCUT2D eigenvalue weighted by Crippen LogP contribution is 2.29. The summed E-state index contributed by atoms with van der Waals surface area (Å²) in [5.41, 5.74) is 3.49. The number of aromatic amines is 1. The summed E-state index contributed by atoms with van der Waals surface area (Å²) in [6, 6.07) is 5.32. The number of H-pyrrole nitrogens is 1. The first-order valence-corrected chi connectivity index (χ1v) is 7.33. The molecule has 0 saturated carbocycles. The van der Waals surface area contributed by atoms with Gasteiger partial charge in [-0.1, -0.05) is 23.2 Å². The number of nitrogens with zero attached hydrogens (tertiary/aromatic N) is 3. The monoisotopic (exact) mass is 326 g/mol. The Kier molecular flexibility index (Phi) is 3.36. The summed E-state index contributed by atoms with van der Waals surface area (Å²) in [5, 5.41) is 5.69. The van der Waals surface area contributed by atoms with Crippen LogP contribution in [0.15, 0.2) is 18.2 Å². The van der Waals surface area contributed by atoms with Crippen LogP contribution in [0.25, 0.3) is 16.9 Å². The third kappa shape index (κ3) is 1.97. The van der Waals surface area contributed by atoms with E-state index in [1.54, 1.807) is 18.2 Å². The molecule has 0 radical (unpaired) electrons. The minimum atomic E-state index is 0.576. The zero-order chi connectivity index (χ0) is 14.4. The number of hydrogen-bond donors (Lipinski definition) is 1. The summed E-state index contributed by atoms with van der Waals surface area (Å²) in [6.07, 6.45) is 0. The van der Waals surface area contributed by atoms with E-state index in [0.717, 1.165) is 29.1 Å². The second-order valence-corrected chi connectivity index (χ2v) is 5.69. The maximum atomic E-state index is 6.29. The lowest BCUT2D eigenvalue weighted by Crippen LogP contribution is -2.04. The summed E-state index contributed by atoms with van der Waals surface area (Å²) >= 11 is 17.8. The molecule has 0 spiro atoms. The number of nitrogens with one attached hydrogen (secondary N) is 1. The van der Waals surface area contributed by atoms with Crippen LogP contribution in [0.2, 0.25) is 10.0 Å². The van der Waals surface area contributed by atoms with Crippen LogP contribution in [-0.2, 0) is 6.54 Å². The topological polar surface area (TPSA) is 38.5 Å². The third-order valence-corrected chi connectivity index (χ3v) is 4.04. The molecule has 7 heteroatoms. The molecule has 3 aromatic rings. The highest BCUT2D eigenvalue weighted by molar-refractivity contribution is 7.71. The maximum Gasteiger partial charge on any atom is 0.184 e. The van der Waals surface area contributed by atoms with Gasteiger partial charge in [0.05, 0.1) is 16.4 Å². The quantitative estimate of drug-likeness (QED) is 0.703. The van der Waals surface area contributed by atoms with Crippen LogP contribution in [0, 0.1) is 11.7 Å². The Hall–Kier alpha value is -1.30. The minimum Gasteiger partial charge on any atom is -0.327 e. The fourth-order valence-electron chi connectivity index (χ4n) is 2.30. The standard InChI is InChI=1S/C13H12Cl2N4S/c1-3-18-12-11(7(2)17-18)16-13(20)19(12)10-6-8(14)4-5-9(10)15/h4-6H,3H2,1-2H3,(H,16,20). The molecule has 0 aliphatic heterocycles. The van der Waals surface area contributed by atoms with E-state index in [-0.39, 0.29) is 0 Å². The maximum absolute atomic E-state index is 6.29. The highest BCUT2D eigenvalue weighted by Gasteiger charge is 2.16. The van der Waals surface area contributed by atoms with Crippen LogP contribution >= 0.6 is 35.4 Å². The van der Waals surface area contributed by atoms with Gasteiger partial charge in [0.2, 0.25) is 0 Å². The van der Waals surface area contributed by atoms with E-state index < -0.39 is 0 Å². The van der Waals surface area contributed by atoms with E-state index >= 15 is 0 Å². The molecule has 2 aromatic heterocycles. The number of fused-ring (bicyclic) bond motifs is 1. The molecule has 1 aromatic carbocycles. The molecule has 0 saturated heterocycles. The molecule has 4 nitrogen and oxygen atoms in total. The van der Waals surface area contributed by atoms with Crippen LogP contribution in [0.3, 0.4) is 0 Å². The first kappa shape index (κ1) is 13.7. The van der Waals surface area contributed by atoms with Gasteiger partial charge in [0, 0.05) is 11.6 Å². The zero-order valence-electron chi connectivity index (χ0n) is 10.9. The Morgan fingerprint density at radius 1 is 1.35 bits per heavy atom. The van der Waals surface area contributed by atoms with E-state index in [2.05, 4.69) is 10.1 Å². The van der Waals surface area contributed by atoms with E-state index in [4.69, 9.17) is 35.4 Å². The Bertz CT molecular complexity index is 859. The number of benzene rings is 1. The number of hydrogen-bond acceptors (Lipinski definition) is 2. The number of rotatable bonds is 2. The third-order valence-electron chi connectivity index (χ3n) is 3.20. The van der Waals surface area contributed by atoms with Crippen LogP contribution < -0.4 is 0 Å². The molecule has 0 bridgehead atoms. The number of aryl methyl sites for hydroxylation is 2. The molecule has 3 rings (SSSR count). The summed E-state index contributed by atoms with van der Waals surface area (Å²) in [7, 11) is 0. The summed E-state index contributed by atoms with van der Waals surface area (Å²) in [5.74, 6) is 0. The van der Waals surface area contributed by atoms with Crippen molar-refractivity contribution in [2.75, 3.05) is 0 Å². The molecule has 2 heterocycles. The van der Waals surface area contributed by atoms with Gasteiger partial charge in [-0.2, -0.15) is 5.10 Å². The average Bonchev–Trinajstić information content (AvgIpc) is 2.90. The largest absolute Gasteiger partial charge is 0.327 e. The van der Waals surface area contributed by atoms with Gasteiger partial charge in [0.1, 0.15) is 5.52 Å². The fraction of sp³-hybridized carbons (Fsp3) is 0.231. The molecule has 1 N–H and O–H groups in total. The smallest absolute Gasteiger partial charge is 0.184 e. The van der Waals surface area contributed by atoms with Gasteiger partial charge in [-0.3, -0.25) is 4.57 Å². The highest BCUT2D eigenvalue weighted by atomic mass is 35.5. The molecule has 0 aliphatic rings. The predicted molar refractivity (Wildman–Crippen MR) is 84.7 cm³/mol. The molecule has 0 atom stereocenters. The first-order valence-electron chi connectivity index (χ1n) is 6.16. The van der Waals surface area contributed by atoms with Crippen molar-refractivity contribution < 1.29 is 0 Å².